The number of non-ortho nitro benzene ring substituents is 1. The van der Waals surface area contributed by atoms with Crippen molar-refractivity contribution in [2.24, 2.45) is 13.0 Å². The molecule has 112 valence electrons. The monoisotopic (exact) mass is 352 g/mol. The third-order valence-electron chi connectivity index (χ3n) is 3.50. The first-order valence-electron chi connectivity index (χ1n) is 6.71. The number of nitro groups is 1. The first kappa shape index (κ1) is 15.6. The fourth-order valence-corrected chi connectivity index (χ4v) is 2.75. The first-order chi connectivity index (χ1) is 9.97. The highest BCUT2D eigenvalue weighted by Crippen LogP contribution is 2.39. The van der Waals surface area contributed by atoms with E-state index in [0.717, 1.165) is 16.2 Å². The molecule has 0 atom stereocenters. The summed E-state index contributed by atoms with van der Waals surface area (Å²) in [5, 5.41) is 18.1. The highest BCUT2D eigenvalue weighted by atomic mass is 79.9. The van der Waals surface area contributed by atoms with Crippen molar-refractivity contribution in [3.8, 4) is 0 Å². The minimum Gasteiger partial charge on any atom is -0.320 e. The van der Waals surface area contributed by atoms with Gasteiger partial charge in [-0.3, -0.25) is 10.1 Å². The molecule has 1 saturated carbocycles. The van der Waals surface area contributed by atoms with Gasteiger partial charge < -0.3 is 4.57 Å². The van der Waals surface area contributed by atoms with Crippen molar-refractivity contribution in [1.82, 2.24) is 14.8 Å². The molecule has 0 unspecified atom stereocenters. The zero-order valence-corrected chi connectivity index (χ0v) is 13.5. The zero-order valence-electron chi connectivity index (χ0n) is 11.9. The molecule has 6 nitrogen and oxygen atoms in total. The molecule has 21 heavy (non-hydrogen) atoms. The molecular formula is C14H17BrN4O2. The summed E-state index contributed by atoms with van der Waals surface area (Å²) < 4.78 is 2.75. The van der Waals surface area contributed by atoms with Gasteiger partial charge in [0.25, 0.3) is 5.69 Å². The van der Waals surface area contributed by atoms with E-state index in [-0.39, 0.29) is 5.69 Å². The largest absolute Gasteiger partial charge is 0.320 e. The number of nitro benzene ring substituents is 1. The lowest BCUT2D eigenvalue weighted by Crippen LogP contribution is -2.21. The van der Waals surface area contributed by atoms with Crippen molar-refractivity contribution in [2.45, 2.75) is 25.7 Å². The van der Waals surface area contributed by atoms with Gasteiger partial charge in [-0.05, 0) is 24.8 Å². The molecule has 3 rings (SSSR count). The Morgan fingerprint density at radius 2 is 2.14 bits per heavy atom. The second-order valence-electron chi connectivity index (χ2n) is 5.31. The van der Waals surface area contributed by atoms with Gasteiger partial charge in [0.05, 0.1) is 4.92 Å². The van der Waals surface area contributed by atoms with E-state index in [2.05, 4.69) is 33.1 Å². The summed E-state index contributed by atoms with van der Waals surface area (Å²) in [7, 11) is 2.01. The Labute approximate surface area is 131 Å². The average molecular weight is 353 g/mol. The lowest BCUT2D eigenvalue weighted by atomic mass is 9.76. The smallest absolute Gasteiger partial charge is 0.270 e. The number of hydrogen-bond donors (Lipinski definition) is 0. The van der Waals surface area contributed by atoms with Crippen LogP contribution in [0.3, 0.4) is 0 Å². The molecule has 1 aromatic carbocycles. The van der Waals surface area contributed by atoms with Gasteiger partial charge >= 0.3 is 0 Å². The van der Waals surface area contributed by atoms with Crippen molar-refractivity contribution in [1.29, 1.82) is 0 Å². The summed E-state index contributed by atoms with van der Waals surface area (Å²) in [6.45, 7) is 2.28. The highest BCUT2D eigenvalue weighted by molar-refractivity contribution is 9.10. The van der Waals surface area contributed by atoms with Gasteiger partial charge in [-0.25, -0.2) is 0 Å². The molecule has 1 heterocycles. The molecule has 1 aliphatic rings. The van der Waals surface area contributed by atoms with Crippen LogP contribution in [0.15, 0.2) is 35.1 Å². The van der Waals surface area contributed by atoms with Crippen molar-refractivity contribution in [3.05, 3.63) is 51.0 Å². The third-order valence-corrected chi connectivity index (χ3v) is 4.00. The maximum atomic E-state index is 10.1. The second kappa shape index (κ2) is 6.80. The summed E-state index contributed by atoms with van der Waals surface area (Å²) in [6, 6.07) is 6.28. The minimum atomic E-state index is -0.426. The van der Waals surface area contributed by atoms with Gasteiger partial charge in [0.15, 0.2) is 0 Å². The number of aryl methyl sites for hydroxylation is 1. The molecule has 7 heteroatoms. The van der Waals surface area contributed by atoms with Crippen molar-refractivity contribution >= 4 is 21.6 Å². The predicted octanol–water partition coefficient (Wildman–Crippen LogP) is 3.69. The lowest BCUT2D eigenvalue weighted by molar-refractivity contribution is -0.384. The van der Waals surface area contributed by atoms with E-state index in [9.17, 15) is 10.1 Å². The van der Waals surface area contributed by atoms with Crippen LogP contribution in [0.1, 0.15) is 31.5 Å². The molecule has 0 N–H and O–H groups in total. The molecule has 1 aromatic heterocycles. The predicted molar refractivity (Wildman–Crippen MR) is 82.9 cm³/mol. The molecule has 0 amide bonds. The number of nitrogens with zero attached hydrogens (tertiary/aromatic N) is 4. The standard InChI is InChI=1S/C8H13N3.C6H4BrNO2/c1-6-3-7(4-6)8-10-9-5-11(8)2;7-5-2-1-3-6(4-5)8(9)10/h5-7H,3-4H2,1-2H3;1-4H. The summed E-state index contributed by atoms with van der Waals surface area (Å²) in [4.78, 5) is 9.71. The molecule has 1 fully saturated rings. The van der Waals surface area contributed by atoms with Gasteiger partial charge in [0.2, 0.25) is 0 Å². The Morgan fingerprint density at radius 3 is 2.57 bits per heavy atom. The maximum absolute atomic E-state index is 10.1. The normalized spacial score (nSPS) is 20.1. The molecular weight excluding hydrogens is 336 g/mol. The summed E-state index contributed by atoms with van der Waals surface area (Å²) >= 11 is 3.13. The minimum absolute atomic E-state index is 0.106. The van der Waals surface area contributed by atoms with Crippen molar-refractivity contribution in [2.75, 3.05) is 0 Å². The van der Waals surface area contributed by atoms with Crippen LogP contribution < -0.4 is 0 Å². The maximum Gasteiger partial charge on any atom is 0.270 e. The Morgan fingerprint density at radius 1 is 1.43 bits per heavy atom. The lowest BCUT2D eigenvalue weighted by Gasteiger charge is -2.31. The van der Waals surface area contributed by atoms with Crippen LogP contribution in [-0.2, 0) is 7.05 Å². The quantitative estimate of drug-likeness (QED) is 0.610. The fraction of sp³-hybridized carbons (Fsp3) is 0.429. The molecule has 0 aliphatic heterocycles. The van der Waals surface area contributed by atoms with Crippen LogP contribution in [0.2, 0.25) is 0 Å². The van der Waals surface area contributed by atoms with Gasteiger partial charge in [-0.1, -0.05) is 28.9 Å². The Balaban J connectivity index is 0.000000155. The number of aromatic nitrogens is 3. The molecule has 0 saturated heterocycles. The van der Waals surface area contributed by atoms with Gasteiger partial charge in [0, 0.05) is 29.6 Å². The number of rotatable bonds is 2. The van der Waals surface area contributed by atoms with E-state index < -0.39 is 4.92 Å². The molecule has 0 radical (unpaired) electrons. The fourth-order valence-electron chi connectivity index (χ4n) is 2.36. The average Bonchev–Trinajstić information content (AvgIpc) is 2.82. The highest BCUT2D eigenvalue weighted by Gasteiger charge is 2.29. The summed E-state index contributed by atoms with van der Waals surface area (Å²) in [5.74, 6) is 2.72. The zero-order chi connectivity index (χ0) is 15.4. The molecule has 0 spiro atoms. The first-order valence-corrected chi connectivity index (χ1v) is 7.50. The number of benzene rings is 1. The number of halogens is 1. The summed E-state index contributed by atoms with van der Waals surface area (Å²) in [5.41, 5.74) is 0.106. The van der Waals surface area contributed by atoms with Crippen LogP contribution in [-0.4, -0.2) is 19.7 Å². The van der Waals surface area contributed by atoms with E-state index in [1.807, 2.05) is 11.6 Å². The Bertz CT molecular complexity index is 623. The second-order valence-corrected chi connectivity index (χ2v) is 6.23. The Kier molecular flexibility index (Phi) is 5.06. The van der Waals surface area contributed by atoms with E-state index in [1.54, 1.807) is 18.5 Å². The van der Waals surface area contributed by atoms with E-state index in [4.69, 9.17) is 0 Å². The topological polar surface area (TPSA) is 73.8 Å². The van der Waals surface area contributed by atoms with Crippen LogP contribution in [0.5, 0.6) is 0 Å². The van der Waals surface area contributed by atoms with Crippen molar-refractivity contribution in [3.63, 3.8) is 0 Å². The molecule has 2 aromatic rings. The van der Waals surface area contributed by atoms with E-state index in [0.29, 0.717) is 5.92 Å². The van der Waals surface area contributed by atoms with Crippen molar-refractivity contribution < 1.29 is 4.92 Å². The summed E-state index contributed by atoms with van der Waals surface area (Å²) in [6.07, 6.45) is 4.34. The van der Waals surface area contributed by atoms with Crippen LogP contribution in [0.4, 0.5) is 5.69 Å². The molecule has 1 aliphatic carbocycles. The van der Waals surface area contributed by atoms with E-state index in [1.165, 1.54) is 25.0 Å². The SMILES string of the molecule is CC1CC(c2nncn2C)C1.O=[N+]([O-])c1cccc(Br)c1. The Hall–Kier alpha value is -1.76. The van der Waals surface area contributed by atoms with Crippen LogP contribution in [0, 0.1) is 16.0 Å². The van der Waals surface area contributed by atoms with Crippen LogP contribution in [0.25, 0.3) is 0 Å². The van der Waals surface area contributed by atoms with E-state index >= 15 is 0 Å². The van der Waals surface area contributed by atoms with Gasteiger partial charge in [-0.2, -0.15) is 0 Å². The van der Waals surface area contributed by atoms with Gasteiger partial charge in [0.1, 0.15) is 12.2 Å². The van der Waals surface area contributed by atoms with Gasteiger partial charge in [-0.15, -0.1) is 10.2 Å². The molecule has 0 bridgehead atoms. The number of hydrogen-bond acceptors (Lipinski definition) is 4. The third kappa shape index (κ3) is 4.10. The van der Waals surface area contributed by atoms with Crippen LogP contribution >= 0.6 is 15.9 Å².